The quantitative estimate of drug-likeness (QED) is 0.799. The van der Waals surface area contributed by atoms with Crippen LogP contribution in [0.15, 0.2) is 24.3 Å². The Hall–Kier alpha value is -0.975. The van der Waals surface area contributed by atoms with Crippen molar-refractivity contribution in [1.29, 1.82) is 0 Å². The van der Waals surface area contributed by atoms with E-state index in [-0.39, 0.29) is 31.3 Å². The molecule has 23 heavy (non-hydrogen) atoms. The lowest BCUT2D eigenvalue weighted by Crippen LogP contribution is -2.41. The highest BCUT2D eigenvalue weighted by Gasteiger charge is 2.51. The van der Waals surface area contributed by atoms with Gasteiger partial charge in [-0.15, -0.1) is 0 Å². The van der Waals surface area contributed by atoms with Crippen molar-refractivity contribution in [2.24, 2.45) is 0 Å². The summed E-state index contributed by atoms with van der Waals surface area (Å²) in [6, 6.07) is 7.87. The molecule has 0 atom stereocenters. The number of alkyl halides is 2. The molecule has 1 aromatic carbocycles. The Labute approximate surface area is 137 Å². The summed E-state index contributed by atoms with van der Waals surface area (Å²) in [5.74, 6) is -2.54. The van der Waals surface area contributed by atoms with Crippen LogP contribution in [0.1, 0.15) is 39.7 Å². The van der Waals surface area contributed by atoms with Crippen molar-refractivity contribution in [3.05, 3.63) is 29.8 Å². The van der Waals surface area contributed by atoms with Crippen molar-refractivity contribution < 1.29 is 18.1 Å². The zero-order valence-electron chi connectivity index (χ0n) is 14.2. The normalized spacial score (nSPS) is 25.9. The van der Waals surface area contributed by atoms with Crippen LogP contribution in [-0.2, 0) is 15.9 Å². The van der Waals surface area contributed by atoms with E-state index < -0.39 is 5.92 Å². The molecule has 0 aliphatic carbocycles. The summed E-state index contributed by atoms with van der Waals surface area (Å²) in [7, 11) is -0.384. The number of hydrogen-bond donors (Lipinski definition) is 0. The summed E-state index contributed by atoms with van der Waals surface area (Å²) in [4.78, 5) is 1.80. The molecule has 3 rings (SSSR count). The number of hydrogen-bond acceptors (Lipinski definition) is 3. The van der Waals surface area contributed by atoms with Gasteiger partial charge in [-0.05, 0) is 38.7 Å². The third kappa shape index (κ3) is 3.44. The Morgan fingerprint density at radius 3 is 2.09 bits per heavy atom. The van der Waals surface area contributed by atoms with Crippen molar-refractivity contribution in [2.45, 2.75) is 57.8 Å². The van der Waals surface area contributed by atoms with Crippen LogP contribution in [0.2, 0.25) is 0 Å². The van der Waals surface area contributed by atoms with Crippen LogP contribution in [0.3, 0.4) is 0 Å². The fourth-order valence-electron chi connectivity index (χ4n) is 2.96. The number of likely N-dealkylation sites (tertiary alicyclic amines) is 1. The molecule has 2 heterocycles. The molecule has 0 aromatic heterocycles. The molecular formula is C17H24BF2NO2. The lowest BCUT2D eigenvalue weighted by Gasteiger charge is -2.32. The first-order chi connectivity index (χ1) is 10.6. The fourth-order valence-corrected chi connectivity index (χ4v) is 2.96. The fraction of sp³-hybridized carbons (Fsp3) is 0.647. The highest BCUT2D eigenvalue weighted by molar-refractivity contribution is 6.62. The second-order valence-corrected chi connectivity index (χ2v) is 7.65. The van der Waals surface area contributed by atoms with Gasteiger partial charge >= 0.3 is 7.12 Å². The van der Waals surface area contributed by atoms with E-state index in [4.69, 9.17) is 9.31 Å². The Morgan fingerprint density at radius 2 is 1.61 bits per heavy atom. The van der Waals surface area contributed by atoms with Crippen molar-refractivity contribution in [2.75, 3.05) is 13.1 Å². The third-order valence-corrected chi connectivity index (χ3v) is 5.16. The molecule has 0 saturated carbocycles. The predicted octanol–water partition coefficient (Wildman–Crippen LogP) is 2.83. The maximum Gasteiger partial charge on any atom is 0.494 e. The first-order valence-electron chi connectivity index (χ1n) is 8.13. The van der Waals surface area contributed by atoms with Gasteiger partial charge in [-0.1, -0.05) is 24.3 Å². The molecule has 2 aliphatic heterocycles. The van der Waals surface area contributed by atoms with E-state index in [2.05, 4.69) is 0 Å². The van der Waals surface area contributed by atoms with Crippen LogP contribution in [0.25, 0.3) is 0 Å². The van der Waals surface area contributed by atoms with Gasteiger partial charge in [0.2, 0.25) is 0 Å². The summed E-state index contributed by atoms with van der Waals surface area (Å²) >= 11 is 0. The average Bonchev–Trinajstić information content (AvgIpc) is 2.87. The van der Waals surface area contributed by atoms with Crippen LogP contribution in [0.5, 0.6) is 0 Å². The summed E-state index contributed by atoms with van der Waals surface area (Å²) in [6.45, 7) is 8.95. The van der Waals surface area contributed by atoms with Gasteiger partial charge in [0.05, 0.1) is 17.7 Å². The average molecular weight is 323 g/mol. The van der Waals surface area contributed by atoms with E-state index in [1.807, 2.05) is 52.0 Å². The second-order valence-electron chi connectivity index (χ2n) is 7.65. The van der Waals surface area contributed by atoms with Gasteiger partial charge in [-0.2, -0.15) is 0 Å². The molecule has 2 fully saturated rings. The molecule has 126 valence electrons. The van der Waals surface area contributed by atoms with Gasteiger partial charge in [0.15, 0.2) is 0 Å². The predicted molar refractivity (Wildman–Crippen MR) is 87.0 cm³/mol. The minimum Gasteiger partial charge on any atom is -0.399 e. The smallest absolute Gasteiger partial charge is 0.399 e. The zero-order chi connectivity index (χ0) is 16.9. The molecule has 0 spiro atoms. The van der Waals surface area contributed by atoms with Crippen LogP contribution in [0.4, 0.5) is 8.78 Å². The highest BCUT2D eigenvalue weighted by atomic mass is 19.3. The molecule has 0 amide bonds. The maximum atomic E-state index is 13.2. The van der Waals surface area contributed by atoms with Crippen molar-refractivity contribution >= 4 is 12.6 Å². The van der Waals surface area contributed by atoms with Gasteiger partial charge in [0.25, 0.3) is 5.92 Å². The Morgan fingerprint density at radius 1 is 1.04 bits per heavy atom. The standard InChI is InChI=1S/C17H24BF2NO2/c1-15(2)16(3,4)23-18(22-15)14-7-5-13(6-8-14)11-21-10-9-17(19,20)12-21/h5-8H,9-12H2,1-4H3. The molecule has 2 saturated heterocycles. The number of halogens is 2. The van der Waals surface area contributed by atoms with E-state index in [9.17, 15) is 8.78 Å². The Kier molecular flexibility index (Phi) is 4.06. The molecule has 0 bridgehead atoms. The topological polar surface area (TPSA) is 21.7 Å². The molecule has 3 nitrogen and oxygen atoms in total. The SMILES string of the molecule is CC1(C)OB(c2ccc(CN3CCC(F)(F)C3)cc2)OC1(C)C. The summed E-state index contributed by atoms with van der Waals surface area (Å²) in [5.41, 5.74) is 1.26. The summed E-state index contributed by atoms with van der Waals surface area (Å²) < 4.78 is 38.5. The number of rotatable bonds is 3. The molecule has 6 heteroatoms. The molecule has 0 radical (unpaired) electrons. The minimum atomic E-state index is -2.54. The lowest BCUT2D eigenvalue weighted by molar-refractivity contribution is 0.00578. The minimum absolute atomic E-state index is 0.0427. The summed E-state index contributed by atoms with van der Waals surface area (Å²) in [5, 5.41) is 0. The van der Waals surface area contributed by atoms with Gasteiger partial charge < -0.3 is 9.31 Å². The Balaban J connectivity index is 1.64. The van der Waals surface area contributed by atoms with Gasteiger partial charge in [-0.3, -0.25) is 4.90 Å². The third-order valence-electron chi connectivity index (χ3n) is 5.16. The van der Waals surface area contributed by atoms with Crippen molar-refractivity contribution in [1.82, 2.24) is 4.90 Å². The van der Waals surface area contributed by atoms with E-state index in [1.54, 1.807) is 4.90 Å². The first kappa shape index (κ1) is 16.9. The van der Waals surface area contributed by atoms with Crippen molar-refractivity contribution in [3.63, 3.8) is 0 Å². The van der Waals surface area contributed by atoms with Gasteiger partial charge in [0.1, 0.15) is 0 Å². The lowest BCUT2D eigenvalue weighted by atomic mass is 9.79. The summed E-state index contributed by atoms with van der Waals surface area (Å²) in [6.07, 6.45) is -0.0427. The van der Waals surface area contributed by atoms with Crippen LogP contribution < -0.4 is 5.46 Å². The zero-order valence-corrected chi connectivity index (χ0v) is 14.2. The van der Waals surface area contributed by atoms with Crippen LogP contribution in [-0.4, -0.2) is 42.2 Å². The molecule has 1 aromatic rings. The van der Waals surface area contributed by atoms with Gasteiger partial charge in [-0.25, -0.2) is 8.78 Å². The largest absolute Gasteiger partial charge is 0.494 e. The van der Waals surface area contributed by atoms with E-state index in [1.165, 1.54) is 0 Å². The van der Waals surface area contributed by atoms with Gasteiger partial charge in [0, 0.05) is 19.5 Å². The van der Waals surface area contributed by atoms with E-state index in [0.29, 0.717) is 13.1 Å². The monoisotopic (exact) mass is 323 g/mol. The number of nitrogens with zero attached hydrogens (tertiary/aromatic N) is 1. The first-order valence-corrected chi connectivity index (χ1v) is 8.13. The molecular weight excluding hydrogens is 299 g/mol. The van der Waals surface area contributed by atoms with Crippen LogP contribution in [0, 0.1) is 0 Å². The second kappa shape index (κ2) is 5.54. The molecule has 0 unspecified atom stereocenters. The maximum absolute atomic E-state index is 13.2. The van der Waals surface area contributed by atoms with Crippen LogP contribution >= 0.6 is 0 Å². The van der Waals surface area contributed by atoms with Crippen molar-refractivity contribution in [3.8, 4) is 0 Å². The molecule has 0 N–H and O–H groups in total. The molecule has 2 aliphatic rings. The highest BCUT2D eigenvalue weighted by Crippen LogP contribution is 2.36. The number of benzene rings is 1. The van der Waals surface area contributed by atoms with E-state index in [0.717, 1.165) is 11.0 Å². The van der Waals surface area contributed by atoms with E-state index >= 15 is 0 Å². The Bertz CT molecular complexity index is 558.